The summed E-state index contributed by atoms with van der Waals surface area (Å²) in [6, 6.07) is 5.81. The van der Waals surface area contributed by atoms with Gasteiger partial charge in [0.15, 0.2) is 0 Å². The number of carbonyl (C=O) groups is 2. The first-order valence-corrected chi connectivity index (χ1v) is 8.22. The van der Waals surface area contributed by atoms with Crippen LogP contribution in [0.25, 0.3) is 0 Å². The van der Waals surface area contributed by atoms with Crippen molar-refractivity contribution in [2.45, 2.75) is 31.7 Å². The van der Waals surface area contributed by atoms with Crippen LogP contribution in [0.5, 0.6) is 0 Å². The zero-order chi connectivity index (χ0) is 15.1. The van der Waals surface area contributed by atoms with Crippen molar-refractivity contribution in [1.29, 1.82) is 0 Å². The molecule has 116 valence electrons. The molecule has 1 aromatic rings. The van der Waals surface area contributed by atoms with Crippen LogP contribution >= 0.6 is 0 Å². The summed E-state index contributed by atoms with van der Waals surface area (Å²) in [5.74, 6) is 1.20. The van der Waals surface area contributed by atoms with Gasteiger partial charge in [0.2, 0.25) is 5.91 Å². The Balaban J connectivity index is 1.53. The summed E-state index contributed by atoms with van der Waals surface area (Å²) in [5, 5.41) is 0. The maximum atomic E-state index is 12.6. The second-order valence-corrected chi connectivity index (χ2v) is 6.79. The highest BCUT2D eigenvalue weighted by Gasteiger charge is 2.44. The summed E-state index contributed by atoms with van der Waals surface area (Å²) in [7, 11) is 0. The van der Waals surface area contributed by atoms with Crippen LogP contribution in [0.4, 0.5) is 0 Å². The fourth-order valence-electron chi connectivity index (χ4n) is 4.43. The van der Waals surface area contributed by atoms with Crippen molar-refractivity contribution in [3.8, 4) is 0 Å². The quantitative estimate of drug-likeness (QED) is 0.790. The van der Waals surface area contributed by atoms with Gasteiger partial charge in [-0.15, -0.1) is 0 Å². The van der Waals surface area contributed by atoms with E-state index in [4.69, 9.17) is 0 Å². The van der Waals surface area contributed by atoms with E-state index < -0.39 is 0 Å². The second-order valence-electron chi connectivity index (χ2n) is 6.79. The van der Waals surface area contributed by atoms with Gasteiger partial charge in [0.25, 0.3) is 5.91 Å². The molecule has 22 heavy (non-hydrogen) atoms. The number of piperidine rings is 3. The zero-order valence-electron chi connectivity index (χ0n) is 12.6. The fourth-order valence-corrected chi connectivity index (χ4v) is 4.43. The molecule has 2 amide bonds. The van der Waals surface area contributed by atoms with Crippen molar-refractivity contribution >= 4 is 11.8 Å². The highest BCUT2D eigenvalue weighted by molar-refractivity contribution is 5.92. The van der Waals surface area contributed by atoms with Gasteiger partial charge in [-0.25, -0.2) is 0 Å². The molecule has 0 aliphatic carbocycles. The van der Waals surface area contributed by atoms with Crippen LogP contribution in [0.3, 0.4) is 0 Å². The summed E-state index contributed by atoms with van der Waals surface area (Å²) in [6.07, 6.45) is 5.61. The van der Waals surface area contributed by atoms with Crippen molar-refractivity contribution in [3.63, 3.8) is 0 Å². The lowest BCUT2D eigenvalue weighted by atomic mass is 9.76. The molecule has 0 saturated carbocycles. The van der Waals surface area contributed by atoms with Crippen molar-refractivity contribution in [2.75, 3.05) is 19.6 Å². The maximum absolute atomic E-state index is 12.6. The lowest BCUT2D eigenvalue weighted by Crippen LogP contribution is -2.61. The van der Waals surface area contributed by atoms with Crippen molar-refractivity contribution in [2.24, 2.45) is 11.8 Å². The molecule has 3 aliphatic rings. The molecule has 0 spiro atoms. The molecule has 4 rings (SSSR count). The van der Waals surface area contributed by atoms with Gasteiger partial charge in [-0.2, -0.15) is 0 Å². The topological polar surface area (TPSA) is 53.5 Å². The molecule has 4 heterocycles. The predicted octanol–water partition coefficient (Wildman–Crippen LogP) is 1.55. The number of hydrogen-bond donors (Lipinski definition) is 0. The minimum absolute atomic E-state index is 0.0332. The summed E-state index contributed by atoms with van der Waals surface area (Å²) in [4.78, 5) is 33.0. The summed E-state index contributed by atoms with van der Waals surface area (Å²) < 4.78 is 0. The van der Waals surface area contributed by atoms with Crippen LogP contribution in [0, 0.1) is 11.8 Å². The molecule has 3 aliphatic heterocycles. The Hall–Kier alpha value is -1.91. The maximum Gasteiger partial charge on any atom is 0.272 e. The molecule has 0 N–H and O–H groups in total. The van der Waals surface area contributed by atoms with Gasteiger partial charge in [-0.1, -0.05) is 6.07 Å². The molecule has 3 atom stereocenters. The molecular formula is C17H21N3O2. The number of likely N-dealkylation sites (tertiary alicyclic amines) is 1. The van der Waals surface area contributed by atoms with Crippen molar-refractivity contribution in [1.82, 2.24) is 14.8 Å². The number of carbonyl (C=O) groups excluding carboxylic acids is 2. The summed E-state index contributed by atoms with van der Waals surface area (Å²) in [6.45, 7) is 2.34. The van der Waals surface area contributed by atoms with E-state index in [1.807, 2.05) is 17.0 Å². The number of fused-ring (bicyclic) bond motifs is 4. The second kappa shape index (κ2) is 5.38. The van der Waals surface area contributed by atoms with E-state index in [1.165, 1.54) is 0 Å². The highest BCUT2D eigenvalue weighted by Crippen LogP contribution is 2.38. The van der Waals surface area contributed by atoms with E-state index in [2.05, 4.69) is 9.88 Å². The number of rotatable bonds is 1. The lowest BCUT2D eigenvalue weighted by Gasteiger charge is -2.52. The lowest BCUT2D eigenvalue weighted by molar-refractivity contribution is -0.144. The minimum Gasteiger partial charge on any atom is -0.339 e. The number of pyridine rings is 1. The van der Waals surface area contributed by atoms with Gasteiger partial charge in [0.05, 0.1) is 0 Å². The number of hydrogen-bond acceptors (Lipinski definition) is 3. The number of nitrogens with zero attached hydrogens (tertiary/aromatic N) is 3. The molecule has 2 bridgehead atoms. The molecule has 5 heteroatoms. The van der Waals surface area contributed by atoms with Crippen LogP contribution < -0.4 is 0 Å². The van der Waals surface area contributed by atoms with Gasteiger partial charge >= 0.3 is 0 Å². The molecule has 1 aromatic heterocycles. The Morgan fingerprint density at radius 2 is 2.14 bits per heavy atom. The molecule has 0 aromatic carbocycles. The first kappa shape index (κ1) is 13.7. The third-order valence-electron chi connectivity index (χ3n) is 5.35. The van der Waals surface area contributed by atoms with Crippen LogP contribution in [0.2, 0.25) is 0 Å². The standard InChI is InChI=1S/C17H21N3O2/c21-16-6-3-5-15-13-8-12(10-20(15)16)9-19(11-13)17(22)14-4-1-2-7-18-14/h1-2,4,7,12-13,15H,3,5-6,8-11H2/t12-,13-,15-/m1/s1. The first-order valence-electron chi connectivity index (χ1n) is 8.22. The van der Waals surface area contributed by atoms with E-state index in [9.17, 15) is 9.59 Å². The third-order valence-corrected chi connectivity index (χ3v) is 5.35. The number of aromatic nitrogens is 1. The van der Waals surface area contributed by atoms with Crippen LogP contribution in [-0.4, -0.2) is 52.3 Å². The van der Waals surface area contributed by atoms with E-state index in [0.29, 0.717) is 35.9 Å². The van der Waals surface area contributed by atoms with Crippen molar-refractivity contribution in [3.05, 3.63) is 30.1 Å². The van der Waals surface area contributed by atoms with E-state index in [1.54, 1.807) is 12.3 Å². The van der Waals surface area contributed by atoms with Gasteiger partial charge in [0.1, 0.15) is 5.69 Å². The van der Waals surface area contributed by atoms with Gasteiger partial charge in [-0.3, -0.25) is 14.6 Å². The molecular weight excluding hydrogens is 278 g/mol. The zero-order valence-corrected chi connectivity index (χ0v) is 12.6. The highest BCUT2D eigenvalue weighted by atomic mass is 16.2. The predicted molar refractivity (Wildman–Crippen MR) is 81.1 cm³/mol. The average molecular weight is 299 g/mol. The van der Waals surface area contributed by atoms with Crippen LogP contribution in [-0.2, 0) is 4.79 Å². The minimum atomic E-state index is 0.0332. The van der Waals surface area contributed by atoms with E-state index >= 15 is 0 Å². The Morgan fingerprint density at radius 3 is 2.95 bits per heavy atom. The average Bonchev–Trinajstić information content (AvgIpc) is 2.56. The SMILES string of the molecule is O=C(c1ccccn1)N1C[C@H]2C[C@H](C1)[C@H]1CCCC(=O)N1C2. The van der Waals surface area contributed by atoms with Crippen LogP contribution in [0.15, 0.2) is 24.4 Å². The summed E-state index contributed by atoms with van der Waals surface area (Å²) >= 11 is 0. The fraction of sp³-hybridized carbons (Fsp3) is 0.588. The largest absolute Gasteiger partial charge is 0.339 e. The van der Waals surface area contributed by atoms with Crippen molar-refractivity contribution < 1.29 is 9.59 Å². The smallest absolute Gasteiger partial charge is 0.272 e. The Bertz CT molecular complexity index is 589. The van der Waals surface area contributed by atoms with Crippen LogP contribution in [0.1, 0.15) is 36.2 Å². The normalized spacial score (nSPS) is 30.9. The summed E-state index contributed by atoms with van der Waals surface area (Å²) in [5.41, 5.74) is 0.527. The van der Waals surface area contributed by atoms with E-state index in [-0.39, 0.29) is 5.91 Å². The third kappa shape index (κ3) is 2.28. The number of amides is 2. The molecule has 0 unspecified atom stereocenters. The first-order chi connectivity index (χ1) is 10.7. The monoisotopic (exact) mass is 299 g/mol. The Morgan fingerprint density at radius 1 is 1.23 bits per heavy atom. The molecule has 0 radical (unpaired) electrons. The molecule has 5 nitrogen and oxygen atoms in total. The Labute approximate surface area is 130 Å². The van der Waals surface area contributed by atoms with Gasteiger partial charge in [0, 0.05) is 38.3 Å². The molecule has 3 saturated heterocycles. The Kier molecular flexibility index (Phi) is 3.36. The van der Waals surface area contributed by atoms with E-state index in [0.717, 1.165) is 38.9 Å². The van der Waals surface area contributed by atoms with Gasteiger partial charge in [-0.05, 0) is 43.2 Å². The van der Waals surface area contributed by atoms with Gasteiger partial charge < -0.3 is 9.80 Å². The molecule has 3 fully saturated rings.